The average Bonchev–Trinajstić information content (AvgIpc) is 2.96. The van der Waals surface area contributed by atoms with Gasteiger partial charge in [0.05, 0.1) is 12.3 Å². The average molecular weight is 390 g/mol. The summed E-state index contributed by atoms with van der Waals surface area (Å²) in [6, 6.07) is 4.60. The molecule has 2 amide bonds. The van der Waals surface area contributed by atoms with Crippen molar-refractivity contribution in [2.24, 2.45) is 0 Å². The first-order chi connectivity index (χ1) is 13.3. The Labute approximate surface area is 160 Å². The van der Waals surface area contributed by atoms with Crippen LogP contribution in [0.1, 0.15) is 18.1 Å². The van der Waals surface area contributed by atoms with Crippen molar-refractivity contribution >= 4 is 12.1 Å². The molecule has 150 valence electrons. The number of aryl methyl sites for hydroxylation is 2. The van der Waals surface area contributed by atoms with Crippen molar-refractivity contribution in [1.82, 2.24) is 19.1 Å². The summed E-state index contributed by atoms with van der Waals surface area (Å²) in [5.74, 6) is -0.930. The molecule has 1 aliphatic rings. The van der Waals surface area contributed by atoms with Gasteiger partial charge in [0, 0.05) is 26.2 Å². The van der Waals surface area contributed by atoms with Crippen molar-refractivity contribution in [3.8, 4) is 5.69 Å². The highest BCUT2D eigenvalue weighted by molar-refractivity contribution is 5.76. The molecule has 1 fully saturated rings. The van der Waals surface area contributed by atoms with Crippen LogP contribution in [0.5, 0.6) is 0 Å². The van der Waals surface area contributed by atoms with Gasteiger partial charge in [-0.1, -0.05) is 22.9 Å². The predicted octanol–water partition coefficient (Wildman–Crippen LogP) is 0.951. The molecule has 3 rings (SSSR count). The van der Waals surface area contributed by atoms with Crippen LogP contribution < -0.4 is 11.4 Å². The molecule has 2 heterocycles. The molecule has 0 saturated carbocycles. The molecule has 0 bridgehead atoms. The van der Waals surface area contributed by atoms with Gasteiger partial charge in [0.2, 0.25) is 0 Å². The fourth-order valence-electron chi connectivity index (χ4n) is 3.22. The number of piperazine rings is 1. The van der Waals surface area contributed by atoms with E-state index in [1.54, 1.807) is 32.9 Å². The first-order valence-electron chi connectivity index (χ1n) is 8.98. The summed E-state index contributed by atoms with van der Waals surface area (Å²) >= 11 is 0. The molecule has 2 aromatic rings. The Balaban J connectivity index is 1.85. The number of nitrogens with zero attached hydrogens (tertiary/aromatic N) is 4. The molecule has 0 N–H and O–H groups in total. The highest BCUT2D eigenvalue weighted by Gasteiger charge is 2.29. The van der Waals surface area contributed by atoms with Crippen LogP contribution in [-0.4, -0.2) is 64.0 Å². The molecule has 0 spiro atoms. The lowest BCUT2D eigenvalue weighted by atomic mass is 10.1. The number of hydrogen-bond acceptors (Lipinski definition) is 6. The molecular formula is C18H22N4O6. The summed E-state index contributed by atoms with van der Waals surface area (Å²) < 4.78 is 11.2. The number of para-hydroxylation sites is 1. The van der Waals surface area contributed by atoms with Crippen LogP contribution in [0.15, 0.2) is 32.3 Å². The van der Waals surface area contributed by atoms with Crippen molar-refractivity contribution in [3.05, 3.63) is 50.4 Å². The minimum atomic E-state index is -0.930. The van der Waals surface area contributed by atoms with Gasteiger partial charge in [-0.05, 0) is 31.9 Å². The Morgan fingerprint density at radius 3 is 2.18 bits per heavy atom. The number of hydrogen-bond donors (Lipinski definition) is 0. The number of amides is 2. The zero-order valence-corrected chi connectivity index (χ0v) is 16.0. The number of ether oxygens (including phenoxy) is 1. The molecule has 1 aromatic carbocycles. The van der Waals surface area contributed by atoms with Gasteiger partial charge in [0.25, 0.3) is 0 Å². The van der Waals surface area contributed by atoms with E-state index in [4.69, 9.17) is 9.26 Å². The first-order valence-corrected chi connectivity index (χ1v) is 8.98. The van der Waals surface area contributed by atoms with Crippen LogP contribution in [0.25, 0.3) is 5.69 Å². The molecule has 1 aliphatic heterocycles. The smallest absolute Gasteiger partial charge is 0.447 e. The lowest BCUT2D eigenvalue weighted by molar-refractivity contribution is 0.0816. The second-order valence-corrected chi connectivity index (χ2v) is 6.47. The summed E-state index contributed by atoms with van der Waals surface area (Å²) in [7, 11) is 0. The fraction of sp³-hybridized carbons (Fsp3) is 0.444. The third kappa shape index (κ3) is 3.45. The lowest BCUT2D eigenvalue weighted by Crippen LogP contribution is -2.52. The summed E-state index contributed by atoms with van der Waals surface area (Å²) in [4.78, 5) is 52.3. The topological polar surface area (TPSA) is 107 Å². The van der Waals surface area contributed by atoms with Gasteiger partial charge in [0.1, 0.15) is 0 Å². The van der Waals surface area contributed by atoms with Crippen molar-refractivity contribution in [3.63, 3.8) is 0 Å². The largest absolute Gasteiger partial charge is 0.450 e. The Bertz CT molecular complexity index is 990. The van der Waals surface area contributed by atoms with Crippen LogP contribution in [0.3, 0.4) is 0 Å². The van der Waals surface area contributed by atoms with Crippen LogP contribution in [0.2, 0.25) is 0 Å². The van der Waals surface area contributed by atoms with Crippen LogP contribution >= 0.6 is 0 Å². The maximum absolute atomic E-state index is 12.7. The summed E-state index contributed by atoms with van der Waals surface area (Å²) in [5.41, 5.74) is 0.963. The molecule has 1 saturated heterocycles. The predicted molar refractivity (Wildman–Crippen MR) is 99.0 cm³/mol. The minimum absolute atomic E-state index is 0.197. The zero-order valence-electron chi connectivity index (χ0n) is 16.0. The summed E-state index contributed by atoms with van der Waals surface area (Å²) in [6.07, 6.45) is -0.445. The number of benzene rings is 1. The number of rotatable bonds is 2. The van der Waals surface area contributed by atoms with Crippen LogP contribution in [-0.2, 0) is 4.74 Å². The molecule has 10 heteroatoms. The van der Waals surface area contributed by atoms with E-state index in [0.717, 1.165) is 4.57 Å². The number of carbonyl (C=O) groups excluding carboxylic acids is 2. The van der Waals surface area contributed by atoms with E-state index in [1.165, 1.54) is 9.80 Å². The third-order valence-corrected chi connectivity index (χ3v) is 4.63. The van der Waals surface area contributed by atoms with Gasteiger partial charge in [-0.25, -0.2) is 19.2 Å². The Morgan fingerprint density at radius 1 is 1.04 bits per heavy atom. The van der Waals surface area contributed by atoms with Gasteiger partial charge in [0.15, 0.2) is 0 Å². The van der Waals surface area contributed by atoms with E-state index in [1.807, 2.05) is 6.07 Å². The summed E-state index contributed by atoms with van der Waals surface area (Å²) in [5, 5.41) is 0. The Morgan fingerprint density at radius 2 is 1.61 bits per heavy atom. The SMILES string of the molecule is CCOC(=O)N1CCN(C(=O)n2oc(=O)n(-c3c(C)cccc3C)c2=O)CC1. The van der Waals surface area contributed by atoms with Crippen molar-refractivity contribution in [2.45, 2.75) is 20.8 Å². The second-order valence-electron chi connectivity index (χ2n) is 6.47. The Hall–Kier alpha value is -3.30. The standard InChI is InChI=1S/C18H22N4O6/c1-4-27-17(25)20-10-8-19(9-11-20)15(23)22-16(24)21(18(26)28-22)14-12(2)6-5-7-13(14)3/h5-7H,4,8-11H2,1-3H3. The van der Waals surface area contributed by atoms with E-state index in [0.29, 0.717) is 21.6 Å². The molecule has 0 aliphatic carbocycles. The highest BCUT2D eigenvalue weighted by Crippen LogP contribution is 2.15. The quantitative estimate of drug-likeness (QED) is 0.756. The van der Waals surface area contributed by atoms with E-state index < -0.39 is 23.6 Å². The fourth-order valence-corrected chi connectivity index (χ4v) is 3.22. The monoisotopic (exact) mass is 390 g/mol. The zero-order chi connectivity index (χ0) is 20.4. The minimum Gasteiger partial charge on any atom is -0.450 e. The molecule has 10 nitrogen and oxygen atoms in total. The van der Waals surface area contributed by atoms with E-state index in [2.05, 4.69) is 0 Å². The first kappa shape index (κ1) is 19.5. The van der Waals surface area contributed by atoms with E-state index in [9.17, 15) is 19.2 Å². The van der Waals surface area contributed by atoms with Gasteiger partial charge in [-0.2, -0.15) is 4.57 Å². The molecule has 0 atom stereocenters. The molecule has 28 heavy (non-hydrogen) atoms. The molecular weight excluding hydrogens is 368 g/mol. The number of carbonyl (C=O) groups is 2. The maximum atomic E-state index is 12.7. The van der Waals surface area contributed by atoms with Gasteiger partial charge >= 0.3 is 23.6 Å². The summed E-state index contributed by atoms with van der Waals surface area (Å²) in [6.45, 7) is 6.44. The molecule has 0 unspecified atom stereocenters. The van der Waals surface area contributed by atoms with E-state index in [-0.39, 0.29) is 32.8 Å². The molecule has 1 aromatic heterocycles. The van der Waals surface area contributed by atoms with Crippen molar-refractivity contribution < 1.29 is 18.8 Å². The van der Waals surface area contributed by atoms with Crippen LogP contribution in [0.4, 0.5) is 9.59 Å². The number of aromatic nitrogens is 2. The van der Waals surface area contributed by atoms with Gasteiger partial charge < -0.3 is 19.1 Å². The van der Waals surface area contributed by atoms with Crippen LogP contribution in [0, 0.1) is 13.8 Å². The maximum Gasteiger partial charge on any atom is 0.447 e. The van der Waals surface area contributed by atoms with Crippen molar-refractivity contribution in [2.75, 3.05) is 32.8 Å². The normalized spacial score (nSPS) is 14.2. The van der Waals surface area contributed by atoms with E-state index >= 15 is 0 Å². The second kappa shape index (κ2) is 7.75. The molecule has 0 radical (unpaired) electrons. The lowest BCUT2D eigenvalue weighted by Gasteiger charge is -2.33. The van der Waals surface area contributed by atoms with Gasteiger partial charge in [-0.15, -0.1) is 0 Å². The Kier molecular flexibility index (Phi) is 5.39. The highest BCUT2D eigenvalue weighted by atomic mass is 16.6. The van der Waals surface area contributed by atoms with Gasteiger partial charge in [-0.3, -0.25) is 0 Å². The van der Waals surface area contributed by atoms with Crippen molar-refractivity contribution in [1.29, 1.82) is 0 Å². The third-order valence-electron chi connectivity index (χ3n) is 4.63.